The standard InChI is InChI=1S/C24H24N4O4S/c1-17-6-10-21(11-7-17)33(31,32)28-13-3-5-19-8-9-20(14-22(19)28)27-24(30)23(29)26-16-18-4-2-12-25-15-18/h2,4,6-12,14-15H,3,5,13,16H2,1H3,(H,26,29)(H,27,30). The lowest BCUT2D eigenvalue weighted by molar-refractivity contribution is -0.136. The van der Waals surface area contributed by atoms with Crippen molar-refractivity contribution in [3.8, 4) is 0 Å². The highest BCUT2D eigenvalue weighted by atomic mass is 32.2. The van der Waals surface area contributed by atoms with Gasteiger partial charge in [0.05, 0.1) is 10.6 Å². The molecule has 0 bridgehead atoms. The molecule has 0 saturated carbocycles. The molecule has 33 heavy (non-hydrogen) atoms. The zero-order valence-electron chi connectivity index (χ0n) is 18.1. The second kappa shape index (κ2) is 9.41. The van der Waals surface area contributed by atoms with E-state index in [1.165, 1.54) is 4.31 Å². The molecule has 0 atom stereocenters. The van der Waals surface area contributed by atoms with Crippen LogP contribution in [0.2, 0.25) is 0 Å². The van der Waals surface area contributed by atoms with E-state index in [0.717, 1.165) is 23.1 Å². The van der Waals surface area contributed by atoms with E-state index in [2.05, 4.69) is 15.6 Å². The third-order valence-corrected chi connectivity index (χ3v) is 7.24. The van der Waals surface area contributed by atoms with Crippen molar-refractivity contribution in [1.82, 2.24) is 10.3 Å². The van der Waals surface area contributed by atoms with E-state index in [1.807, 2.05) is 6.92 Å². The molecule has 0 radical (unpaired) electrons. The Hall–Kier alpha value is -3.72. The number of hydrogen-bond donors (Lipinski definition) is 2. The van der Waals surface area contributed by atoms with Crippen molar-refractivity contribution < 1.29 is 18.0 Å². The quantitative estimate of drug-likeness (QED) is 0.565. The Bertz CT molecular complexity index is 1280. The Kier molecular flexibility index (Phi) is 6.41. The number of anilines is 2. The van der Waals surface area contributed by atoms with Crippen LogP contribution in [-0.4, -0.2) is 31.8 Å². The maximum atomic E-state index is 13.3. The molecule has 1 aromatic heterocycles. The minimum absolute atomic E-state index is 0.173. The van der Waals surface area contributed by atoms with E-state index in [1.54, 1.807) is 67.0 Å². The van der Waals surface area contributed by atoms with Gasteiger partial charge in [-0.3, -0.25) is 18.9 Å². The Morgan fingerprint density at radius 2 is 1.85 bits per heavy atom. The van der Waals surface area contributed by atoms with Crippen LogP contribution in [0, 0.1) is 6.92 Å². The first-order valence-electron chi connectivity index (χ1n) is 10.5. The smallest absolute Gasteiger partial charge is 0.313 e. The molecule has 0 saturated heterocycles. The number of carbonyl (C=O) groups excluding carboxylic acids is 2. The largest absolute Gasteiger partial charge is 0.344 e. The molecule has 4 rings (SSSR count). The Morgan fingerprint density at radius 3 is 2.58 bits per heavy atom. The van der Waals surface area contributed by atoms with Crippen LogP contribution in [0.5, 0.6) is 0 Å². The Balaban J connectivity index is 1.51. The lowest BCUT2D eigenvalue weighted by Gasteiger charge is -2.31. The average Bonchev–Trinajstić information content (AvgIpc) is 2.83. The van der Waals surface area contributed by atoms with Crippen molar-refractivity contribution in [2.24, 2.45) is 0 Å². The number of aromatic nitrogens is 1. The van der Waals surface area contributed by atoms with E-state index >= 15 is 0 Å². The van der Waals surface area contributed by atoms with Crippen LogP contribution in [0.25, 0.3) is 0 Å². The summed E-state index contributed by atoms with van der Waals surface area (Å²) in [4.78, 5) is 28.7. The van der Waals surface area contributed by atoms with Gasteiger partial charge in [0, 0.05) is 31.2 Å². The molecule has 2 amide bonds. The van der Waals surface area contributed by atoms with Crippen LogP contribution < -0.4 is 14.9 Å². The number of sulfonamides is 1. The van der Waals surface area contributed by atoms with Gasteiger partial charge in [-0.05, 0) is 61.2 Å². The van der Waals surface area contributed by atoms with Crippen molar-refractivity contribution in [2.75, 3.05) is 16.2 Å². The van der Waals surface area contributed by atoms with Gasteiger partial charge in [-0.1, -0.05) is 29.8 Å². The van der Waals surface area contributed by atoms with Crippen LogP contribution >= 0.6 is 0 Å². The number of amides is 2. The minimum Gasteiger partial charge on any atom is -0.344 e. The molecule has 2 aromatic carbocycles. The summed E-state index contributed by atoms with van der Waals surface area (Å²) in [6, 6.07) is 15.3. The van der Waals surface area contributed by atoms with E-state index in [4.69, 9.17) is 0 Å². The van der Waals surface area contributed by atoms with Gasteiger partial charge in [-0.15, -0.1) is 0 Å². The van der Waals surface area contributed by atoms with Gasteiger partial charge >= 0.3 is 11.8 Å². The molecule has 0 aliphatic carbocycles. The summed E-state index contributed by atoms with van der Waals surface area (Å²) >= 11 is 0. The first-order chi connectivity index (χ1) is 15.8. The summed E-state index contributed by atoms with van der Waals surface area (Å²) in [7, 11) is -3.76. The predicted molar refractivity (Wildman–Crippen MR) is 125 cm³/mol. The number of aryl methyl sites for hydroxylation is 2. The molecule has 3 aromatic rings. The van der Waals surface area contributed by atoms with Gasteiger partial charge in [0.1, 0.15) is 0 Å². The van der Waals surface area contributed by atoms with Gasteiger partial charge in [0.15, 0.2) is 0 Å². The van der Waals surface area contributed by atoms with Crippen LogP contribution in [0.1, 0.15) is 23.1 Å². The number of nitrogens with zero attached hydrogens (tertiary/aromatic N) is 2. The summed E-state index contributed by atoms with van der Waals surface area (Å²) < 4.78 is 28.0. The molecule has 8 nitrogen and oxygen atoms in total. The zero-order chi connectivity index (χ0) is 23.4. The van der Waals surface area contributed by atoms with Crippen molar-refractivity contribution >= 4 is 33.2 Å². The molecule has 1 aliphatic rings. The second-order valence-corrected chi connectivity index (χ2v) is 9.70. The topological polar surface area (TPSA) is 108 Å². The number of fused-ring (bicyclic) bond motifs is 1. The first-order valence-corrected chi connectivity index (χ1v) is 12.0. The number of benzene rings is 2. The molecule has 2 heterocycles. The lowest BCUT2D eigenvalue weighted by atomic mass is 10.0. The van der Waals surface area contributed by atoms with Crippen molar-refractivity contribution in [3.63, 3.8) is 0 Å². The van der Waals surface area contributed by atoms with Crippen LogP contribution in [0.3, 0.4) is 0 Å². The fraction of sp³-hybridized carbons (Fsp3) is 0.208. The number of nitrogens with one attached hydrogen (secondary N) is 2. The molecule has 2 N–H and O–H groups in total. The van der Waals surface area contributed by atoms with Gasteiger partial charge in [0.25, 0.3) is 10.0 Å². The predicted octanol–water partition coefficient (Wildman–Crippen LogP) is 2.79. The van der Waals surface area contributed by atoms with E-state index in [0.29, 0.717) is 24.3 Å². The highest BCUT2D eigenvalue weighted by Crippen LogP contribution is 2.34. The fourth-order valence-corrected chi connectivity index (χ4v) is 5.19. The van der Waals surface area contributed by atoms with Gasteiger partial charge in [0.2, 0.25) is 0 Å². The summed E-state index contributed by atoms with van der Waals surface area (Å²) in [6.45, 7) is 2.41. The fourth-order valence-electron chi connectivity index (χ4n) is 3.66. The highest BCUT2D eigenvalue weighted by molar-refractivity contribution is 7.92. The molecular weight excluding hydrogens is 440 g/mol. The van der Waals surface area contributed by atoms with Gasteiger partial charge in [-0.25, -0.2) is 8.42 Å². The monoisotopic (exact) mass is 464 g/mol. The zero-order valence-corrected chi connectivity index (χ0v) is 18.9. The molecule has 0 unspecified atom stereocenters. The highest BCUT2D eigenvalue weighted by Gasteiger charge is 2.29. The van der Waals surface area contributed by atoms with Crippen LogP contribution in [0.15, 0.2) is 71.9 Å². The van der Waals surface area contributed by atoms with Crippen molar-refractivity contribution in [1.29, 1.82) is 0 Å². The van der Waals surface area contributed by atoms with Crippen LogP contribution in [-0.2, 0) is 32.6 Å². The normalized spacial score (nSPS) is 13.2. The Morgan fingerprint density at radius 1 is 1.06 bits per heavy atom. The maximum absolute atomic E-state index is 13.3. The third kappa shape index (κ3) is 5.04. The summed E-state index contributed by atoms with van der Waals surface area (Å²) in [5.41, 5.74) is 3.47. The van der Waals surface area contributed by atoms with E-state index in [-0.39, 0.29) is 11.4 Å². The maximum Gasteiger partial charge on any atom is 0.313 e. The summed E-state index contributed by atoms with van der Waals surface area (Å²) in [5.74, 6) is -1.62. The summed E-state index contributed by atoms with van der Waals surface area (Å²) in [5, 5.41) is 5.10. The summed E-state index contributed by atoms with van der Waals surface area (Å²) in [6.07, 6.45) is 4.65. The third-order valence-electron chi connectivity index (χ3n) is 5.41. The SMILES string of the molecule is Cc1ccc(S(=O)(=O)N2CCCc3ccc(NC(=O)C(=O)NCc4cccnc4)cc32)cc1. The molecule has 170 valence electrons. The number of pyridine rings is 1. The number of hydrogen-bond acceptors (Lipinski definition) is 5. The second-order valence-electron chi connectivity index (χ2n) is 7.84. The molecule has 1 aliphatic heterocycles. The Labute approximate surface area is 192 Å². The number of carbonyl (C=O) groups is 2. The first kappa shape index (κ1) is 22.5. The lowest BCUT2D eigenvalue weighted by Crippen LogP contribution is -2.36. The van der Waals surface area contributed by atoms with Crippen molar-refractivity contribution in [3.05, 3.63) is 83.7 Å². The molecule has 9 heteroatoms. The minimum atomic E-state index is -3.76. The van der Waals surface area contributed by atoms with Gasteiger partial charge < -0.3 is 10.6 Å². The molecule has 0 fully saturated rings. The van der Waals surface area contributed by atoms with Gasteiger partial charge in [-0.2, -0.15) is 0 Å². The molecule has 0 spiro atoms. The van der Waals surface area contributed by atoms with Crippen molar-refractivity contribution in [2.45, 2.75) is 31.2 Å². The van der Waals surface area contributed by atoms with E-state index in [9.17, 15) is 18.0 Å². The van der Waals surface area contributed by atoms with Crippen LogP contribution in [0.4, 0.5) is 11.4 Å². The average molecular weight is 465 g/mol. The molecular formula is C24H24N4O4S. The van der Waals surface area contributed by atoms with E-state index < -0.39 is 21.8 Å². The number of rotatable bonds is 5.